The second-order valence-electron chi connectivity index (χ2n) is 7.38. The normalized spacial score (nSPS) is 11.6. The molecule has 0 saturated carbocycles. The van der Waals surface area contributed by atoms with E-state index in [1.807, 2.05) is 0 Å². The summed E-state index contributed by atoms with van der Waals surface area (Å²) in [5.74, 6) is -1.39. The zero-order valence-corrected chi connectivity index (χ0v) is 19.2. The Morgan fingerprint density at radius 1 is 1.20 bits per heavy atom. The van der Waals surface area contributed by atoms with Crippen LogP contribution in [0.15, 0.2) is 47.7 Å². The molecule has 0 fully saturated rings. The van der Waals surface area contributed by atoms with E-state index >= 15 is 0 Å². The number of aromatic nitrogens is 4. The highest BCUT2D eigenvalue weighted by Gasteiger charge is 2.32. The molecule has 35 heavy (non-hydrogen) atoms. The molecule has 4 aromatic heterocycles. The van der Waals surface area contributed by atoms with Crippen LogP contribution in [0.25, 0.3) is 16.9 Å². The fourth-order valence-corrected chi connectivity index (χ4v) is 3.80. The van der Waals surface area contributed by atoms with Gasteiger partial charge in [-0.3, -0.25) is 14.2 Å². The van der Waals surface area contributed by atoms with Crippen LogP contribution in [0.3, 0.4) is 0 Å². The molecule has 0 amide bonds. The first-order valence-electron chi connectivity index (χ1n) is 9.84. The molecule has 4 aromatic rings. The van der Waals surface area contributed by atoms with Gasteiger partial charge < -0.3 is 10.4 Å². The number of carboxylic acid groups (broad SMARTS) is 1. The quantitative estimate of drug-likeness (QED) is 0.350. The van der Waals surface area contributed by atoms with Gasteiger partial charge in [0.25, 0.3) is 5.56 Å². The molecule has 4 rings (SSSR count). The second-order valence-corrected chi connectivity index (χ2v) is 8.17. The molecule has 0 unspecified atom stereocenters. The molecule has 0 spiro atoms. The van der Waals surface area contributed by atoms with E-state index in [2.05, 4.69) is 20.3 Å². The molecule has 13 heteroatoms. The summed E-state index contributed by atoms with van der Waals surface area (Å²) in [4.78, 5) is 36.7. The van der Waals surface area contributed by atoms with Crippen molar-refractivity contribution in [1.29, 1.82) is 0 Å². The SMILES string of the molecule is Cc1c(-c2ccncc2Cl)nc2c(CNc3ccc(Cl)nc3C(=O)O)cc(C(F)(F)F)cn2c1=O. The van der Waals surface area contributed by atoms with Gasteiger partial charge in [0.1, 0.15) is 10.8 Å². The summed E-state index contributed by atoms with van der Waals surface area (Å²) in [5.41, 5.74) is -1.63. The van der Waals surface area contributed by atoms with Crippen LogP contribution in [0.2, 0.25) is 10.2 Å². The summed E-state index contributed by atoms with van der Waals surface area (Å²) >= 11 is 12.0. The van der Waals surface area contributed by atoms with Gasteiger partial charge in [-0.15, -0.1) is 0 Å². The Bertz CT molecular complexity index is 1540. The monoisotopic (exact) mass is 523 g/mol. The number of halogens is 5. The minimum absolute atomic E-state index is 0.0179. The predicted molar refractivity (Wildman–Crippen MR) is 123 cm³/mol. The first-order chi connectivity index (χ1) is 16.5. The summed E-state index contributed by atoms with van der Waals surface area (Å²) in [6.45, 7) is 1.13. The van der Waals surface area contributed by atoms with Crippen LogP contribution in [0.4, 0.5) is 18.9 Å². The zero-order chi connectivity index (χ0) is 25.5. The third-order valence-corrected chi connectivity index (χ3v) is 5.63. The smallest absolute Gasteiger partial charge is 0.417 e. The number of fused-ring (bicyclic) bond motifs is 1. The highest BCUT2D eigenvalue weighted by molar-refractivity contribution is 6.33. The van der Waals surface area contributed by atoms with E-state index in [1.165, 1.54) is 37.5 Å². The Hall–Kier alpha value is -3.70. The number of hydrogen-bond acceptors (Lipinski definition) is 6. The number of nitrogens with one attached hydrogen (secondary N) is 1. The molecule has 0 saturated heterocycles. The molecule has 0 aliphatic heterocycles. The van der Waals surface area contributed by atoms with Crippen molar-refractivity contribution in [2.45, 2.75) is 19.6 Å². The van der Waals surface area contributed by atoms with Crippen LogP contribution in [0.5, 0.6) is 0 Å². The van der Waals surface area contributed by atoms with Crippen LogP contribution in [-0.2, 0) is 12.7 Å². The molecule has 0 aliphatic carbocycles. The highest BCUT2D eigenvalue weighted by atomic mass is 35.5. The van der Waals surface area contributed by atoms with Gasteiger partial charge in [-0.25, -0.2) is 14.8 Å². The van der Waals surface area contributed by atoms with Crippen LogP contribution < -0.4 is 10.9 Å². The van der Waals surface area contributed by atoms with Crippen LogP contribution in [-0.4, -0.2) is 30.4 Å². The van der Waals surface area contributed by atoms with E-state index < -0.39 is 29.0 Å². The number of hydrogen-bond donors (Lipinski definition) is 2. The molecule has 4 heterocycles. The van der Waals surface area contributed by atoms with E-state index in [9.17, 15) is 27.9 Å². The minimum atomic E-state index is -4.75. The van der Waals surface area contributed by atoms with Crippen molar-refractivity contribution in [3.05, 3.63) is 85.8 Å². The van der Waals surface area contributed by atoms with E-state index in [0.717, 1.165) is 10.5 Å². The number of pyridine rings is 3. The number of carboxylic acids is 1. The van der Waals surface area contributed by atoms with Gasteiger partial charge in [0.05, 0.1) is 22.0 Å². The Morgan fingerprint density at radius 2 is 1.94 bits per heavy atom. The molecule has 0 radical (unpaired) electrons. The molecular formula is C22H14Cl2F3N5O3. The minimum Gasteiger partial charge on any atom is -0.476 e. The van der Waals surface area contributed by atoms with Crippen molar-refractivity contribution in [2.24, 2.45) is 0 Å². The van der Waals surface area contributed by atoms with Crippen molar-refractivity contribution in [2.75, 3.05) is 5.32 Å². The van der Waals surface area contributed by atoms with Gasteiger partial charge in [-0.05, 0) is 31.2 Å². The topological polar surface area (TPSA) is 109 Å². The van der Waals surface area contributed by atoms with Gasteiger partial charge in [0.2, 0.25) is 0 Å². The maximum Gasteiger partial charge on any atom is 0.417 e. The summed E-state index contributed by atoms with van der Waals surface area (Å²) < 4.78 is 41.7. The lowest BCUT2D eigenvalue weighted by Gasteiger charge is -2.16. The van der Waals surface area contributed by atoms with E-state index in [0.29, 0.717) is 11.8 Å². The van der Waals surface area contributed by atoms with Gasteiger partial charge in [-0.1, -0.05) is 23.2 Å². The number of alkyl halides is 3. The average Bonchev–Trinajstić information content (AvgIpc) is 2.80. The lowest BCUT2D eigenvalue weighted by molar-refractivity contribution is -0.137. The highest BCUT2D eigenvalue weighted by Crippen LogP contribution is 2.32. The van der Waals surface area contributed by atoms with Crippen molar-refractivity contribution < 1.29 is 23.1 Å². The van der Waals surface area contributed by atoms with Gasteiger partial charge in [0.15, 0.2) is 5.69 Å². The summed E-state index contributed by atoms with van der Waals surface area (Å²) in [6.07, 6.45) is -1.28. The summed E-state index contributed by atoms with van der Waals surface area (Å²) in [7, 11) is 0. The standard InChI is InChI=1S/C22H14Cl2F3N5O3/c1-10-17(13-4-5-28-8-14(13)23)31-19-11(6-12(22(25,26)27)9-32(19)20(10)33)7-29-15-2-3-16(24)30-18(15)21(34)35/h2-6,8-9,29H,7H2,1H3,(H,34,35). The number of aromatic carboxylic acids is 1. The largest absolute Gasteiger partial charge is 0.476 e. The second kappa shape index (κ2) is 9.16. The van der Waals surface area contributed by atoms with Crippen molar-refractivity contribution >= 4 is 40.5 Å². The van der Waals surface area contributed by atoms with E-state index in [4.69, 9.17) is 23.2 Å². The van der Waals surface area contributed by atoms with Crippen LogP contribution >= 0.6 is 23.2 Å². The first-order valence-corrected chi connectivity index (χ1v) is 10.6. The van der Waals surface area contributed by atoms with Gasteiger partial charge in [-0.2, -0.15) is 13.2 Å². The Balaban J connectivity index is 1.92. The molecule has 0 aromatic carbocycles. The predicted octanol–water partition coefficient (Wildman–Crippen LogP) is 5.10. The maximum absolute atomic E-state index is 13.6. The number of carbonyl (C=O) groups is 1. The molecule has 180 valence electrons. The van der Waals surface area contributed by atoms with Crippen molar-refractivity contribution in [1.82, 2.24) is 19.4 Å². The fraction of sp³-hybridized carbons (Fsp3) is 0.136. The average molecular weight is 524 g/mol. The zero-order valence-electron chi connectivity index (χ0n) is 17.7. The Kier molecular flexibility index (Phi) is 6.39. The Labute approximate surface area is 205 Å². The Morgan fingerprint density at radius 3 is 2.60 bits per heavy atom. The third-order valence-electron chi connectivity index (χ3n) is 5.11. The van der Waals surface area contributed by atoms with Crippen molar-refractivity contribution in [3.63, 3.8) is 0 Å². The summed E-state index contributed by atoms with van der Waals surface area (Å²) in [5, 5.41) is 12.3. The van der Waals surface area contributed by atoms with Crippen molar-refractivity contribution in [3.8, 4) is 11.3 Å². The van der Waals surface area contributed by atoms with E-state index in [1.54, 1.807) is 0 Å². The molecule has 2 N–H and O–H groups in total. The molecule has 8 nitrogen and oxygen atoms in total. The fourth-order valence-electron chi connectivity index (χ4n) is 3.44. The number of anilines is 1. The lowest BCUT2D eigenvalue weighted by atomic mass is 10.1. The third kappa shape index (κ3) is 4.77. The van der Waals surface area contributed by atoms with E-state index in [-0.39, 0.29) is 44.9 Å². The van der Waals surface area contributed by atoms with Gasteiger partial charge in [0, 0.05) is 41.8 Å². The lowest BCUT2D eigenvalue weighted by Crippen LogP contribution is -2.23. The first kappa shape index (κ1) is 24.4. The van der Waals surface area contributed by atoms with Crippen LogP contribution in [0, 0.1) is 6.92 Å². The maximum atomic E-state index is 13.6. The molecular weight excluding hydrogens is 510 g/mol. The summed E-state index contributed by atoms with van der Waals surface area (Å²) in [6, 6.07) is 5.04. The molecule has 0 aliphatic rings. The molecule has 0 atom stereocenters. The van der Waals surface area contributed by atoms with Gasteiger partial charge >= 0.3 is 12.1 Å². The number of nitrogens with zero attached hydrogens (tertiary/aromatic N) is 4. The van der Waals surface area contributed by atoms with Crippen LogP contribution in [0.1, 0.15) is 27.2 Å². The number of rotatable bonds is 5. The molecule has 0 bridgehead atoms.